The molecule has 1 fully saturated rings. The standard InChI is InChI=1S/C38H46FN3O11/c1-38(2,3)52-37(46)53-42-20-8-9-30(28(21-42)40-35(44)25-14-16-27(17-15-25)49-22-47-6)51-36(45)26-12-10-24(11-13-26)34(43)32-31(50-23-48-7)19-18-29(33(32)39)41(4)5/h10-19,28,30H,8-9,20-23H2,1-7H3,(H,40,44)/t28-,30-/m1/s1. The van der Waals surface area contributed by atoms with Gasteiger partial charge in [-0.25, -0.2) is 14.0 Å². The van der Waals surface area contributed by atoms with Crippen LogP contribution < -0.4 is 19.7 Å². The number of hydroxylamine groups is 2. The van der Waals surface area contributed by atoms with Gasteiger partial charge in [-0.1, -0.05) is 12.1 Å². The van der Waals surface area contributed by atoms with Gasteiger partial charge in [-0.15, -0.1) is 5.06 Å². The molecule has 0 aromatic heterocycles. The summed E-state index contributed by atoms with van der Waals surface area (Å²) in [6, 6.07) is 14.1. The molecule has 2 atom stereocenters. The van der Waals surface area contributed by atoms with Gasteiger partial charge in [-0.3, -0.25) is 9.59 Å². The number of halogens is 1. The molecule has 53 heavy (non-hydrogen) atoms. The van der Waals surface area contributed by atoms with Crippen LogP contribution >= 0.6 is 0 Å². The number of amides is 1. The molecule has 1 aliphatic rings. The van der Waals surface area contributed by atoms with E-state index in [0.29, 0.717) is 24.2 Å². The first kappa shape index (κ1) is 40.5. The molecule has 1 heterocycles. The second kappa shape index (κ2) is 18.5. The Morgan fingerprint density at radius 2 is 1.49 bits per heavy atom. The lowest BCUT2D eigenvalue weighted by atomic mass is 9.99. The number of benzene rings is 3. The van der Waals surface area contributed by atoms with E-state index in [2.05, 4.69) is 5.32 Å². The van der Waals surface area contributed by atoms with Crippen molar-refractivity contribution in [2.45, 2.75) is 51.4 Å². The van der Waals surface area contributed by atoms with E-state index in [9.17, 15) is 19.2 Å². The Labute approximate surface area is 307 Å². The normalized spacial score (nSPS) is 16.2. The molecule has 3 aromatic rings. The van der Waals surface area contributed by atoms with Crippen molar-refractivity contribution in [2.75, 3.05) is 59.9 Å². The number of nitrogens with one attached hydrogen (secondary N) is 1. The maximum absolute atomic E-state index is 15.6. The predicted octanol–water partition coefficient (Wildman–Crippen LogP) is 5.37. The largest absolute Gasteiger partial charge is 0.528 e. The van der Waals surface area contributed by atoms with Gasteiger partial charge in [0.25, 0.3) is 5.91 Å². The van der Waals surface area contributed by atoms with Gasteiger partial charge in [0.1, 0.15) is 28.8 Å². The zero-order valence-corrected chi connectivity index (χ0v) is 30.9. The second-order valence-corrected chi connectivity index (χ2v) is 13.3. The molecule has 0 aliphatic carbocycles. The number of hydrogen-bond donors (Lipinski definition) is 1. The van der Waals surface area contributed by atoms with E-state index in [1.807, 2.05) is 0 Å². The zero-order valence-electron chi connectivity index (χ0n) is 30.9. The summed E-state index contributed by atoms with van der Waals surface area (Å²) in [6.07, 6.45) is -0.994. The Bertz CT molecular complexity index is 1730. The maximum Gasteiger partial charge on any atom is 0.528 e. The Morgan fingerprint density at radius 1 is 0.868 bits per heavy atom. The Hall–Kier alpha value is -5.25. The van der Waals surface area contributed by atoms with Crippen LogP contribution in [0.2, 0.25) is 0 Å². The number of carbonyl (C=O) groups excluding carboxylic acids is 4. The lowest BCUT2D eigenvalue weighted by Gasteiger charge is -2.29. The van der Waals surface area contributed by atoms with Gasteiger partial charge >= 0.3 is 12.1 Å². The number of nitrogens with zero attached hydrogens (tertiary/aromatic N) is 2. The van der Waals surface area contributed by atoms with E-state index in [-0.39, 0.29) is 54.8 Å². The fourth-order valence-electron chi connectivity index (χ4n) is 5.37. The van der Waals surface area contributed by atoms with Crippen LogP contribution in [0.5, 0.6) is 11.5 Å². The minimum Gasteiger partial charge on any atom is -0.468 e. The molecule has 14 nitrogen and oxygen atoms in total. The van der Waals surface area contributed by atoms with E-state index in [1.165, 1.54) is 60.6 Å². The third kappa shape index (κ3) is 11.4. The first-order valence-corrected chi connectivity index (χ1v) is 16.9. The third-order valence-electron chi connectivity index (χ3n) is 7.88. The highest BCUT2D eigenvalue weighted by atomic mass is 19.1. The topological polar surface area (TPSA) is 151 Å². The summed E-state index contributed by atoms with van der Waals surface area (Å²) in [4.78, 5) is 60.0. The average Bonchev–Trinajstić information content (AvgIpc) is 3.29. The van der Waals surface area contributed by atoms with Crippen LogP contribution in [0, 0.1) is 5.82 Å². The minimum absolute atomic E-state index is 0.00458. The van der Waals surface area contributed by atoms with Crippen LogP contribution in [-0.4, -0.2) is 102 Å². The van der Waals surface area contributed by atoms with Gasteiger partial charge in [-0.2, -0.15) is 0 Å². The van der Waals surface area contributed by atoms with Crippen LogP contribution in [0.3, 0.4) is 0 Å². The SMILES string of the molecule is COCOc1ccc(C(=O)N[C@@H]2CN(OC(=O)OC(C)(C)C)CCC[C@H]2OC(=O)c2ccc(C(=O)c3c(OCOC)ccc(N(C)C)c3F)cc2)cc1. The average molecular weight is 740 g/mol. The summed E-state index contributed by atoms with van der Waals surface area (Å²) < 4.78 is 47.6. The van der Waals surface area contributed by atoms with Gasteiger partial charge < -0.3 is 43.5 Å². The van der Waals surface area contributed by atoms with Crippen molar-refractivity contribution in [3.63, 3.8) is 0 Å². The summed E-state index contributed by atoms with van der Waals surface area (Å²) in [5.74, 6) is -2.10. The first-order valence-electron chi connectivity index (χ1n) is 16.9. The molecular weight excluding hydrogens is 693 g/mol. The molecular formula is C38H46FN3O11. The zero-order chi connectivity index (χ0) is 38.7. The van der Waals surface area contributed by atoms with Crippen molar-refractivity contribution in [3.8, 4) is 11.5 Å². The molecule has 3 aromatic carbocycles. The van der Waals surface area contributed by atoms with E-state index in [0.717, 1.165) is 0 Å². The fraction of sp³-hybridized carbons (Fsp3) is 0.421. The number of carbonyl (C=O) groups is 4. The third-order valence-corrected chi connectivity index (χ3v) is 7.88. The highest BCUT2D eigenvalue weighted by molar-refractivity contribution is 6.11. The van der Waals surface area contributed by atoms with E-state index in [1.54, 1.807) is 59.1 Å². The van der Waals surface area contributed by atoms with Crippen molar-refractivity contribution in [2.24, 2.45) is 0 Å². The molecule has 0 unspecified atom stereocenters. The molecule has 286 valence electrons. The Kier molecular flexibility index (Phi) is 14.1. The van der Waals surface area contributed by atoms with Crippen LogP contribution in [0.15, 0.2) is 60.7 Å². The van der Waals surface area contributed by atoms with Crippen molar-refractivity contribution < 1.29 is 56.8 Å². The molecule has 4 rings (SSSR count). The molecule has 1 saturated heterocycles. The van der Waals surface area contributed by atoms with E-state index < -0.39 is 47.4 Å². The van der Waals surface area contributed by atoms with Crippen LogP contribution in [0.1, 0.15) is 70.3 Å². The Balaban J connectivity index is 1.54. The summed E-state index contributed by atoms with van der Waals surface area (Å²) in [6.45, 7) is 5.23. The monoisotopic (exact) mass is 739 g/mol. The number of methoxy groups -OCH3 is 2. The second-order valence-electron chi connectivity index (χ2n) is 13.3. The number of anilines is 1. The lowest BCUT2D eigenvalue weighted by Crippen LogP contribution is -2.50. The van der Waals surface area contributed by atoms with Crippen LogP contribution in [0.4, 0.5) is 14.9 Å². The van der Waals surface area contributed by atoms with Gasteiger partial charge in [0.05, 0.1) is 23.8 Å². The van der Waals surface area contributed by atoms with E-state index in [4.69, 9.17) is 33.3 Å². The van der Waals surface area contributed by atoms with Gasteiger partial charge in [0.15, 0.2) is 25.2 Å². The van der Waals surface area contributed by atoms with Crippen molar-refractivity contribution in [1.82, 2.24) is 10.4 Å². The van der Waals surface area contributed by atoms with E-state index >= 15 is 4.39 Å². The minimum atomic E-state index is -0.912. The molecule has 0 radical (unpaired) electrons. The predicted molar refractivity (Wildman–Crippen MR) is 191 cm³/mol. The van der Waals surface area contributed by atoms with Gasteiger partial charge in [-0.05, 0) is 82.1 Å². The van der Waals surface area contributed by atoms with Crippen molar-refractivity contribution >= 4 is 29.5 Å². The summed E-state index contributed by atoms with van der Waals surface area (Å²) >= 11 is 0. The fourth-order valence-corrected chi connectivity index (χ4v) is 5.37. The molecule has 1 aliphatic heterocycles. The summed E-state index contributed by atoms with van der Waals surface area (Å²) in [7, 11) is 6.20. The number of esters is 1. The molecule has 15 heteroatoms. The summed E-state index contributed by atoms with van der Waals surface area (Å²) in [5.41, 5.74) is -0.359. The molecule has 0 bridgehead atoms. The van der Waals surface area contributed by atoms with Gasteiger partial charge in [0, 0.05) is 46.0 Å². The first-order chi connectivity index (χ1) is 25.2. The number of hydrogen-bond acceptors (Lipinski definition) is 13. The number of ether oxygens (including phenoxy) is 6. The summed E-state index contributed by atoms with van der Waals surface area (Å²) in [5, 5.41) is 4.28. The van der Waals surface area contributed by atoms with Crippen LogP contribution in [-0.2, 0) is 23.8 Å². The van der Waals surface area contributed by atoms with Crippen LogP contribution in [0.25, 0.3) is 0 Å². The van der Waals surface area contributed by atoms with Crippen molar-refractivity contribution in [3.05, 3.63) is 88.7 Å². The number of rotatable bonds is 14. The maximum atomic E-state index is 15.6. The highest BCUT2D eigenvalue weighted by Crippen LogP contribution is 2.31. The highest BCUT2D eigenvalue weighted by Gasteiger charge is 2.34. The molecule has 0 spiro atoms. The Morgan fingerprint density at radius 3 is 2.11 bits per heavy atom. The number of ketones is 1. The lowest BCUT2D eigenvalue weighted by molar-refractivity contribution is -0.144. The van der Waals surface area contributed by atoms with Crippen molar-refractivity contribution in [1.29, 1.82) is 0 Å². The molecule has 0 saturated carbocycles. The molecule has 1 N–H and O–H groups in total. The quantitative estimate of drug-likeness (QED) is 0.128. The van der Waals surface area contributed by atoms with Gasteiger partial charge in [0.2, 0.25) is 0 Å². The molecule has 1 amide bonds. The smallest absolute Gasteiger partial charge is 0.468 e.